The first-order chi connectivity index (χ1) is 15.8. The smallest absolute Gasteiger partial charge is 0.309 e. The summed E-state index contributed by atoms with van der Waals surface area (Å²) in [5, 5.41) is 10.7. The summed E-state index contributed by atoms with van der Waals surface area (Å²) in [4.78, 5) is 21.8. The maximum Gasteiger partial charge on any atom is 0.309 e. The zero-order valence-corrected chi connectivity index (χ0v) is 19.1. The van der Waals surface area contributed by atoms with Crippen molar-refractivity contribution in [3.05, 3.63) is 83.3 Å². The van der Waals surface area contributed by atoms with Crippen LogP contribution in [0.1, 0.15) is 46.8 Å². The zero-order chi connectivity index (χ0) is 24.0. The second kappa shape index (κ2) is 10.5. The highest BCUT2D eigenvalue weighted by atomic mass is 16.3. The number of furan rings is 1. The first-order valence-electron chi connectivity index (χ1n) is 10.7. The summed E-state index contributed by atoms with van der Waals surface area (Å²) in [7, 11) is 1.68. The number of amides is 1. The fourth-order valence-electron chi connectivity index (χ4n) is 3.40. The topological polar surface area (TPSA) is 132 Å². The Hall–Kier alpha value is -4.07. The van der Waals surface area contributed by atoms with Crippen LogP contribution in [0.2, 0.25) is 0 Å². The first kappa shape index (κ1) is 23.6. The number of benzene rings is 2. The molecular weight excluding hydrogens is 418 g/mol. The van der Waals surface area contributed by atoms with Crippen molar-refractivity contribution in [2.75, 3.05) is 7.05 Å². The second-order valence-electron chi connectivity index (χ2n) is 7.78. The van der Waals surface area contributed by atoms with Crippen molar-refractivity contribution >= 4 is 23.3 Å². The Balaban J connectivity index is 1.82. The predicted molar refractivity (Wildman–Crippen MR) is 128 cm³/mol. The minimum atomic E-state index is -0.332. The van der Waals surface area contributed by atoms with Crippen LogP contribution in [-0.2, 0) is 6.54 Å². The molecular formula is C25H30N5O3+. The molecule has 8 heteroatoms. The average molecular weight is 449 g/mol. The van der Waals surface area contributed by atoms with Crippen molar-refractivity contribution in [2.24, 2.45) is 16.5 Å². The van der Waals surface area contributed by atoms with Crippen LogP contribution in [0.4, 0.5) is 5.69 Å². The maximum atomic E-state index is 12.9. The quantitative estimate of drug-likeness (QED) is 0.325. The Bertz CT molecular complexity index is 1170. The standard InChI is InChI=1S/C25H29N5O3/c1-4-19(21-14-13-16(2)33-21)28-23(26)24(27)29-20-12-8-11-18(22(20)31)25(32)30(3)15-17-9-6-5-7-10-17/h5-14,19,31H,4,15H2,1-3H3,(H2,26,28)(H2,27,29)/p+1/t19-/m1/s1. The highest BCUT2D eigenvalue weighted by Gasteiger charge is 2.20. The Kier molecular flexibility index (Phi) is 7.50. The van der Waals surface area contributed by atoms with E-state index in [2.05, 4.69) is 9.98 Å². The Labute approximate surface area is 193 Å². The lowest BCUT2D eigenvalue weighted by molar-refractivity contribution is -0.513. The predicted octanol–water partition coefficient (Wildman–Crippen LogP) is 2.14. The van der Waals surface area contributed by atoms with E-state index in [1.54, 1.807) is 25.2 Å². The van der Waals surface area contributed by atoms with Gasteiger partial charge in [0.15, 0.2) is 11.8 Å². The number of carbonyl (C=O) groups excluding carboxylic acids is 1. The minimum Gasteiger partial charge on any atom is -0.505 e. The normalized spacial score (nSPS) is 13.1. The van der Waals surface area contributed by atoms with Crippen LogP contribution in [0.15, 0.2) is 70.1 Å². The molecule has 0 bridgehead atoms. The molecule has 0 aliphatic heterocycles. The molecule has 3 rings (SSSR count). The molecule has 0 saturated heterocycles. The maximum absolute atomic E-state index is 12.9. The number of hydrogen-bond donors (Lipinski definition) is 4. The van der Waals surface area contributed by atoms with E-state index in [4.69, 9.17) is 15.9 Å². The van der Waals surface area contributed by atoms with E-state index < -0.39 is 0 Å². The Morgan fingerprint density at radius 3 is 2.48 bits per heavy atom. The number of amidine groups is 2. The molecule has 1 aromatic heterocycles. The van der Waals surface area contributed by atoms with Crippen LogP contribution >= 0.6 is 0 Å². The van der Waals surface area contributed by atoms with Gasteiger partial charge in [0.1, 0.15) is 17.2 Å². The lowest BCUT2D eigenvalue weighted by Crippen LogP contribution is -2.79. The van der Waals surface area contributed by atoms with Gasteiger partial charge in [-0.15, -0.1) is 0 Å². The lowest BCUT2D eigenvalue weighted by atomic mass is 10.1. The Morgan fingerprint density at radius 2 is 1.85 bits per heavy atom. The zero-order valence-electron chi connectivity index (χ0n) is 19.1. The van der Waals surface area contributed by atoms with Gasteiger partial charge in [-0.05, 0) is 43.2 Å². The van der Waals surface area contributed by atoms with E-state index in [1.807, 2.05) is 56.3 Å². The van der Waals surface area contributed by atoms with Crippen molar-refractivity contribution in [2.45, 2.75) is 32.9 Å². The molecule has 6 N–H and O–H groups in total. The summed E-state index contributed by atoms with van der Waals surface area (Å²) in [6, 6.07) is 17.9. The highest BCUT2D eigenvalue weighted by Crippen LogP contribution is 2.31. The van der Waals surface area contributed by atoms with E-state index >= 15 is 0 Å². The lowest BCUT2D eigenvalue weighted by Gasteiger charge is -2.18. The number of aliphatic imine (C=N–C) groups is 1. The number of para-hydroxylation sites is 1. The molecule has 0 radical (unpaired) electrons. The fraction of sp³-hybridized carbons (Fsp3) is 0.240. The summed E-state index contributed by atoms with van der Waals surface area (Å²) in [5.41, 5.74) is 13.5. The molecule has 0 unspecified atom stereocenters. The van der Waals surface area contributed by atoms with Crippen molar-refractivity contribution < 1.29 is 19.3 Å². The number of phenolic OH excluding ortho intramolecular Hbond substituents is 1. The van der Waals surface area contributed by atoms with Gasteiger partial charge in [-0.2, -0.15) is 0 Å². The number of phenols is 1. The molecule has 0 aliphatic carbocycles. The summed E-state index contributed by atoms with van der Waals surface area (Å²) >= 11 is 0. The number of nitrogens with one attached hydrogen (secondary N) is 1. The second-order valence-corrected chi connectivity index (χ2v) is 7.78. The number of nitrogens with zero attached hydrogens (tertiary/aromatic N) is 2. The number of nitrogens with two attached hydrogens (primary N) is 2. The number of hydrogen-bond acceptors (Lipinski definition) is 4. The van der Waals surface area contributed by atoms with E-state index in [0.29, 0.717) is 13.0 Å². The molecule has 172 valence electrons. The molecule has 0 aliphatic rings. The van der Waals surface area contributed by atoms with Crippen molar-refractivity contribution in [3.63, 3.8) is 0 Å². The molecule has 1 atom stereocenters. The minimum absolute atomic E-state index is 0.00531. The molecule has 1 amide bonds. The van der Waals surface area contributed by atoms with Crippen LogP contribution in [-0.4, -0.2) is 34.6 Å². The van der Waals surface area contributed by atoms with Crippen molar-refractivity contribution in [1.29, 1.82) is 0 Å². The molecule has 2 aromatic carbocycles. The summed E-state index contributed by atoms with van der Waals surface area (Å²) < 4.78 is 5.67. The van der Waals surface area contributed by atoms with Crippen LogP contribution in [0, 0.1) is 6.92 Å². The van der Waals surface area contributed by atoms with E-state index in [1.165, 1.54) is 4.90 Å². The van der Waals surface area contributed by atoms with Crippen LogP contribution < -0.4 is 16.5 Å². The molecule has 1 heterocycles. The van der Waals surface area contributed by atoms with Gasteiger partial charge in [-0.3, -0.25) is 15.5 Å². The van der Waals surface area contributed by atoms with Crippen molar-refractivity contribution in [1.82, 2.24) is 4.90 Å². The van der Waals surface area contributed by atoms with E-state index in [-0.39, 0.29) is 40.6 Å². The van der Waals surface area contributed by atoms with E-state index in [0.717, 1.165) is 17.1 Å². The molecule has 0 saturated carbocycles. The third kappa shape index (κ3) is 5.79. The summed E-state index contributed by atoms with van der Waals surface area (Å²) in [5.74, 6) is 1.09. The molecule has 0 spiro atoms. The number of rotatable bonds is 7. The van der Waals surface area contributed by atoms with Crippen LogP contribution in [0.3, 0.4) is 0 Å². The number of aromatic hydroxyl groups is 1. The van der Waals surface area contributed by atoms with E-state index in [9.17, 15) is 9.90 Å². The molecule has 0 fully saturated rings. The van der Waals surface area contributed by atoms with Crippen molar-refractivity contribution in [3.8, 4) is 5.75 Å². The number of aryl methyl sites for hydroxylation is 1. The van der Waals surface area contributed by atoms with Crippen LogP contribution in [0.25, 0.3) is 0 Å². The molecule has 33 heavy (non-hydrogen) atoms. The summed E-state index contributed by atoms with van der Waals surface area (Å²) in [6.45, 7) is 4.26. The van der Waals surface area contributed by atoms with Gasteiger partial charge in [0.25, 0.3) is 5.91 Å². The number of carbonyl (C=O) groups is 1. The van der Waals surface area contributed by atoms with Crippen LogP contribution in [0.5, 0.6) is 5.75 Å². The first-order valence-corrected chi connectivity index (χ1v) is 10.7. The third-order valence-electron chi connectivity index (χ3n) is 5.21. The van der Waals surface area contributed by atoms with Gasteiger partial charge >= 0.3 is 5.84 Å². The summed E-state index contributed by atoms with van der Waals surface area (Å²) in [6.07, 6.45) is 0.712. The van der Waals surface area contributed by atoms with Gasteiger partial charge in [-0.25, -0.2) is 4.99 Å². The SMILES string of the molecule is CC[C@@H]([NH+]=C(N)C(N)=Nc1cccc(C(=O)N(C)Cc2ccccc2)c1O)c1ccc(C)o1. The molecule has 3 aromatic rings. The van der Waals surface area contributed by atoms with Gasteiger partial charge < -0.3 is 20.2 Å². The highest BCUT2D eigenvalue weighted by molar-refractivity contribution is 6.37. The van der Waals surface area contributed by atoms with Gasteiger partial charge in [0.05, 0.1) is 5.56 Å². The van der Waals surface area contributed by atoms with Gasteiger partial charge in [0.2, 0.25) is 5.84 Å². The molecule has 8 nitrogen and oxygen atoms in total. The monoisotopic (exact) mass is 448 g/mol. The third-order valence-corrected chi connectivity index (χ3v) is 5.21. The van der Waals surface area contributed by atoms with Gasteiger partial charge in [0, 0.05) is 13.6 Å². The average Bonchev–Trinajstić information content (AvgIpc) is 3.24. The Morgan fingerprint density at radius 1 is 1.12 bits per heavy atom. The fourth-order valence-corrected chi connectivity index (χ4v) is 3.40. The largest absolute Gasteiger partial charge is 0.505 e. The van der Waals surface area contributed by atoms with Gasteiger partial charge in [-0.1, -0.05) is 43.3 Å².